The van der Waals surface area contributed by atoms with Gasteiger partial charge in [0.1, 0.15) is 0 Å². The molecule has 0 saturated heterocycles. The maximum Gasteiger partial charge on any atom is 0.474 e. The van der Waals surface area contributed by atoms with Gasteiger partial charge in [-0.1, -0.05) is 98.5 Å². The van der Waals surface area contributed by atoms with Gasteiger partial charge in [-0.2, -0.15) is 0 Å². The fourth-order valence-electron chi connectivity index (χ4n) is 0.889. The Kier molecular flexibility index (Phi) is 2.39. The lowest BCUT2D eigenvalue weighted by molar-refractivity contribution is 0.0732. The van der Waals surface area contributed by atoms with Gasteiger partial charge in [-0.15, -0.1) is 0 Å². The van der Waals surface area contributed by atoms with Crippen LogP contribution in [0.3, 0.4) is 0 Å². The molecule has 29 heavy (non-hydrogen) atoms. The van der Waals surface area contributed by atoms with E-state index in [1.807, 2.05) is 0 Å². The summed E-state index contributed by atoms with van der Waals surface area (Å²) in [6.07, 6.45) is -65.2. The first-order valence-electron chi connectivity index (χ1n) is 32.1. The van der Waals surface area contributed by atoms with Crippen molar-refractivity contribution < 1.29 is 88.0 Å². The average molecular weight is 486 g/mol. The number of phosphoric acid groups is 1. The molecule has 0 bridgehead atoms. The van der Waals surface area contributed by atoms with E-state index in [2.05, 4.69) is 13.6 Å². The molecule has 0 aromatic heterocycles. The van der Waals surface area contributed by atoms with Crippen LogP contribution in [-0.4, -0.2) is 19.7 Å². The van der Waals surface area contributed by atoms with Crippen molar-refractivity contribution >= 4 is 7.82 Å². The lowest BCUT2D eigenvalue weighted by Crippen LogP contribution is -2.16. The summed E-state index contributed by atoms with van der Waals surface area (Å²) in [4.78, 5) is 0. The van der Waals surface area contributed by atoms with Crippen molar-refractivity contribution in [1.82, 2.24) is 0 Å². The second kappa shape index (κ2) is 18.8. The Hall–Kier alpha value is 0.110. The van der Waals surface area contributed by atoms with Gasteiger partial charge in [-0.3, -0.25) is 13.6 Å². The second-order valence-corrected chi connectivity index (χ2v) is 5.09. The number of rotatable bonds is 21. The Morgan fingerprint density at radius 2 is 1.03 bits per heavy atom. The zero-order valence-electron chi connectivity index (χ0n) is 65.1. The van der Waals surface area contributed by atoms with Crippen molar-refractivity contribution in [3.05, 3.63) is 0 Å². The fraction of sp³-hybridized carbons (Fsp3) is 1.00. The number of phosphoric ester groups is 1. The smallest absolute Gasteiger partial charge is 0.287 e. The molecule has 176 valence electrons. The lowest BCUT2D eigenvalue weighted by atomic mass is 10.0. The quantitative estimate of drug-likeness (QED) is 0.152. The predicted molar refractivity (Wildman–Crippen MR) is 125 cm³/mol. The van der Waals surface area contributed by atoms with Gasteiger partial charge >= 0.3 is 7.82 Å². The zero-order valence-corrected chi connectivity index (χ0v) is 15.0. The number of hydrogen-bond donors (Lipinski definition) is 0. The molecule has 0 rings (SSSR count). The van der Waals surface area contributed by atoms with Crippen LogP contribution >= 0.6 is 7.82 Å². The highest BCUT2D eigenvalue weighted by Gasteiger charge is 2.30. The SMILES string of the molecule is [2H]C([2H])([2H])C([2H])([2H])C([2H])([2H])C([2H])([2H])C([2H])(C([2H])([2H])OP(=O)(OC([2H])([2H])C([2H])(C([2H])([2H])C([2H])([2H])[2H])C([2H])([2H])C([2H])([2H])C([2H])([2H])C([2H])([2H])[2H])OC([2H])([2H])C([2H])(C([2H])([2H])C([2H])([2H])[2H])C([2H])([2H])C([2H])([2H])C([2H])([2H])C([2H])([2H])[2H])C([2H])([2H])C([2H])([2H])[2H]. The largest absolute Gasteiger partial charge is 0.474 e. The van der Waals surface area contributed by atoms with E-state index in [9.17, 15) is 0 Å². The van der Waals surface area contributed by atoms with E-state index in [0.717, 1.165) is 0 Å². The molecule has 0 aliphatic rings. The topological polar surface area (TPSA) is 44.8 Å². The van der Waals surface area contributed by atoms with Crippen LogP contribution in [-0.2, 0) is 18.1 Å². The van der Waals surface area contributed by atoms with Gasteiger partial charge < -0.3 is 0 Å². The normalized spacial score (nSPS) is 56.3. The van der Waals surface area contributed by atoms with E-state index in [4.69, 9.17) is 69.9 Å². The predicted octanol–water partition coefficient (Wildman–Crippen LogP) is 8.79. The summed E-state index contributed by atoms with van der Waals surface area (Å²) in [5, 5.41) is 0. The van der Waals surface area contributed by atoms with Crippen LogP contribution in [0.15, 0.2) is 0 Å². The molecule has 3 atom stereocenters. The molecule has 4 nitrogen and oxygen atoms in total. The minimum Gasteiger partial charge on any atom is -0.287 e. The van der Waals surface area contributed by atoms with Crippen LogP contribution in [0.2, 0.25) is 0 Å². The molecule has 0 heterocycles. The first kappa shape index (κ1) is 3.68. The summed E-state index contributed by atoms with van der Waals surface area (Å²) in [5.74, 6) is -18.2. The van der Waals surface area contributed by atoms with E-state index >= 15 is 4.57 Å². The average Bonchev–Trinajstić information content (AvgIpc) is 3.15. The molecule has 0 aromatic carbocycles. The van der Waals surface area contributed by atoms with Gasteiger partial charge in [0.15, 0.2) is 0 Å². The minimum atomic E-state index is -8.84. The first-order valence-corrected chi connectivity index (χ1v) is 8.05. The Bertz CT molecular complexity index is 2020. The highest BCUT2D eigenvalue weighted by Crippen LogP contribution is 2.51. The molecule has 0 fully saturated rings. The molecule has 3 unspecified atom stereocenters. The van der Waals surface area contributed by atoms with Crippen LogP contribution in [0, 0.1) is 17.7 Å². The van der Waals surface area contributed by atoms with Crippen LogP contribution in [0.5, 0.6) is 0 Å². The van der Waals surface area contributed by atoms with E-state index in [0.29, 0.717) is 0 Å². The van der Waals surface area contributed by atoms with Crippen molar-refractivity contribution in [2.24, 2.45) is 17.7 Å². The van der Waals surface area contributed by atoms with Crippen molar-refractivity contribution in [2.45, 2.75) is 118 Å². The maximum atomic E-state index is 15.6. The van der Waals surface area contributed by atoms with Crippen molar-refractivity contribution in [2.75, 3.05) is 19.7 Å². The van der Waals surface area contributed by atoms with Gasteiger partial charge in [-0.05, 0) is 36.8 Å². The highest BCUT2D eigenvalue weighted by atomic mass is 31.2. The van der Waals surface area contributed by atoms with Gasteiger partial charge in [0.2, 0.25) is 0 Å². The minimum absolute atomic E-state index is 4.21. The number of hydrogen-bond acceptors (Lipinski definition) is 4. The highest BCUT2D eigenvalue weighted by molar-refractivity contribution is 7.48. The van der Waals surface area contributed by atoms with Crippen LogP contribution in [0.25, 0.3) is 0 Å². The zero-order chi connectivity index (χ0) is 66.6. The van der Waals surface area contributed by atoms with Gasteiger partial charge in [0, 0.05) is 61.7 Å². The fourth-order valence-corrected chi connectivity index (χ4v) is 1.61. The van der Waals surface area contributed by atoms with E-state index < -0.39 is 163 Å². The summed E-state index contributed by atoms with van der Waals surface area (Å²) in [6, 6.07) is 0. The molecule has 0 aliphatic heterocycles. The summed E-state index contributed by atoms with van der Waals surface area (Å²) in [7, 11) is -8.84. The molecule has 0 spiro atoms. The summed E-state index contributed by atoms with van der Waals surface area (Å²) in [6.45, 7) is -47.4. The Balaban J connectivity index is 10.5. The molecule has 5 heteroatoms. The Labute approximate surface area is 254 Å². The van der Waals surface area contributed by atoms with Crippen LogP contribution in [0.1, 0.15) is 187 Å². The third-order valence-corrected chi connectivity index (χ3v) is 2.85. The van der Waals surface area contributed by atoms with E-state index in [-0.39, 0.29) is 0 Å². The lowest BCUT2D eigenvalue weighted by Gasteiger charge is -2.25. The third kappa shape index (κ3) is 14.7. The van der Waals surface area contributed by atoms with Crippen molar-refractivity contribution in [1.29, 1.82) is 0 Å². The van der Waals surface area contributed by atoms with Crippen LogP contribution < -0.4 is 0 Å². The molecule has 0 amide bonds. The van der Waals surface area contributed by atoms with Crippen molar-refractivity contribution in [3.8, 4) is 0 Å². The van der Waals surface area contributed by atoms with Crippen LogP contribution in [0.4, 0.5) is 0 Å². The summed E-state index contributed by atoms with van der Waals surface area (Å²) >= 11 is 0. The summed E-state index contributed by atoms with van der Waals surface area (Å²) < 4.78 is 443. The third-order valence-electron chi connectivity index (χ3n) is 1.90. The van der Waals surface area contributed by atoms with Gasteiger partial charge in [0.25, 0.3) is 0 Å². The molecule has 0 aliphatic carbocycles. The second-order valence-electron chi connectivity index (χ2n) is 3.65. The molecular weight excluding hydrogens is 383 g/mol. The molecule has 0 saturated carbocycles. The first-order chi connectivity index (χ1) is 33.4. The molecule has 0 aromatic rings. The monoisotopic (exact) mass is 486 g/mol. The standard InChI is InChI=1S/C24H51O4P/c1-7-13-16-22(10-4)19-26-29(25,27-20-23(11-5)17-14-8-2)28-21-24(12-6)18-15-9-3/h22-24H,7-21H2,1-6H3/i1D3,2D3,3D3,4D3,5D3,6D3,7D2,8D2,9D2,10D2,11D2,12D2,13D2,14D2,15D2,16D2,17D2,18D2,19D2,20D2,21D2,22D,23D,24D. The van der Waals surface area contributed by atoms with Gasteiger partial charge in [-0.25, -0.2) is 4.57 Å². The van der Waals surface area contributed by atoms with E-state index in [1.54, 1.807) is 0 Å². The Morgan fingerprint density at radius 1 is 0.690 bits per heavy atom. The summed E-state index contributed by atoms with van der Waals surface area (Å²) in [5.41, 5.74) is 0. The molecular formula is C24H51O4P. The molecule has 0 N–H and O–H groups in total. The Morgan fingerprint density at radius 3 is 1.31 bits per heavy atom. The van der Waals surface area contributed by atoms with Gasteiger partial charge in [0.05, 0.1) is 27.9 Å². The molecule has 0 radical (unpaired) electrons. The van der Waals surface area contributed by atoms with Crippen molar-refractivity contribution in [3.63, 3.8) is 0 Å². The maximum absolute atomic E-state index is 15.6. The van der Waals surface area contributed by atoms with E-state index in [1.165, 1.54) is 0 Å².